The lowest BCUT2D eigenvalue weighted by Gasteiger charge is -2.35. The van der Waals surface area contributed by atoms with Crippen molar-refractivity contribution < 1.29 is 13.2 Å². The molecule has 1 atom stereocenters. The number of halogens is 3. The van der Waals surface area contributed by atoms with E-state index >= 15 is 0 Å². The van der Waals surface area contributed by atoms with Crippen LogP contribution >= 0.6 is 0 Å². The van der Waals surface area contributed by atoms with Crippen molar-refractivity contribution in [3.05, 3.63) is 29.8 Å². The van der Waals surface area contributed by atoms with E-state index < -0.39 is 17.5 Å². The molecule has 0 amide bonds. The van der Waals surface area contributed by atoms with E-state index in [1.807, 2.05) is 19.2 Å². The molecule has 0 saturated carbocycles. The molecule has 1 heterocycles. The lowest BCUT2D eigenvalue weighted by atomic mass is 9.76. The number of piperidine rings is 1. The Labute approximate surface area is 137 Å². The molecule has 0 radical (unpaired) electrons. The Morgan fingerprint density at radius 2 is 1.57 bits per heavy atom. The SMILES string of the molecule is CNC1CCN(c2ccc(C(C(C)(C)C)C(F)(F)F)cc2)CC1. The highest BCUT2D eigenvalue weighted by Gasteiger charge is 2.47. The smallest absolute Gasteiger partial charge is 0.371 e. The standard InChI is InChI=1S/C18H27F3N2/c1-17(2,3)16(18(19,20)21)13-5-7-15(8-6-13)23-11-9-14(22-4)10-12-23/h5-8,14,16,22H,9-12H2,1-4H3. The van der Waals surface area contributed by atoms with Gasteiger partial charge in [0.25, 0.3) is 0 Å². The molecular formula is C18H27F3N2. The van der Waals surface area contributed by atoms with Gasteiger partial charge in [0, 0.05) is 24.8 Å². The van der Waals surface area contributed by atoms with Crippen LogP contribution in [0.2, 0.25) is 0 Å². The van der Waals surface area contributed by atoms with Crippen LogP contribution in [0.1, 0.15) is 45.1 Å². The Bertz CT molecular complexity index is 480. The van der Waals surface area contributed by atoms with Gasteiger partial charge in [-0.15, -0.1) is 0 Å². The van der Waals surface area contributed by atoms with Gasteiger partial charge in [0.2, 0.25) is 0 Å². The second-order valence-electron chi connectivity index (χ2n) is 7.48. The predicted molar refractivity (Wildman–Crippen MR) is 89.0 cm³/mol. The number of anilines is 1. The van der Waals surface area contributed by atoms with Crippen LogP contribution in [-0.4, -0.2) is 32.4 Å². The average molecular weight is 328 g/mol. The number of alkyl halides is 3. The first-order chi connectivity index (χ1) is 10.6. The number of nitrogens with one attached hydrogen (secondary N) is 1. The van der Waals surface area contributed by atoms with Crippen molar-refractivity contribution in [2.45, 2.75) is 51.7 Å². The Hall–Kier alpha value is -1.23. The Balaban J connectivity index is 2.15. The molecule has 1 aromatic carbocycles. The predicted octanol–water partition coefficient (Wildman–Crippen LogP) is 4.57. The van der Waals surface area contributed by atoms with Crippen LogP contribution in [0.3, 0.4) is 0 Å². The highest BCUT2D eigenvalue weighted by molar-refractivity contribution is 5.49. The first-order valence-corrected chi connectivity index (χ1v) is 8.22. The summed E-state index contributed by atoms with van der Waals surface area (Å²) in [5.41, 5.74) is 0.502. The van der Waals surface area contributed by atoms with Crippen LogP contribution < -0.4 is 10.2 Å². The molecule has 1 aliphatic rings. The first kappa shape index (κ1) is 18.1. The summed E-state index contributed by atoms with van der Waals surface area (Å²) in [6.07, 6.45) is -2.11. The van der Waals surface area contributed by atoms with Gasteiger partial charge in [-0.3, -0.25) is 0 Å². The topological polar surface area (TPSA) is 15.3 Å². The van der Waals surface area contributed by atoms with Crippen molar-refractivity contribution in [1.29, 1.82) is 0 Å². The van der Waals surface area contributed by atoms with Gasteiger partial charge in [0.15, 0.2) is 0 Å². The number of nitrogens with zero attached hydrogens (tertiary/aromatic N) is 1. The lowest BCUT2D eigenvalue weighted by molar-refractivity contribution is -0.171. The van der Waals surface area contributed by atoms with Gasteiger partial charge >= 0.3 is 6.18 Å². The minimum Gasteiger partial charge on any atom is -0.371 e. The van der Waals surface area contributed by atoms with Gasteiger partial charge in [-0.1, -0.05) is 32.9 Å². The molecule has 0 aromatic heterocycles. The van der Waals surface area contributed by atoms with Crippen LogP contribution in [0.4, 0.5) is 18.9 Å². The van der Waals surface area contributed by atoms with Crippen LogP contribution in [0.25, 0.3) is 0 Å². The highest BCUT2D eigenvalue weighted by atomic mass is 19.4. The molecular weight excluding hydrogens is 301 g/mol. The first-order valence-electron chi connectivity index (χ1n) is 8.22. The zero-order chi connectivity index (χ0) is 17.3. The van der Waals surface area contributed by atoms with Gasteiger partial charge in [-0.25, -0.2) is 0 Å². The third-order valence-electron chi connectivity index (χ3n) is 4.69. The van der Waals surface area contributed by atoms with Crippen molar-refractivity contribution in [2.75, 3.05) is 25.0 Å². The van der Waals surface area contributed by atoms with Gasteiger partial charge < -0.3 is 10.2 Å². The van der Waals surface area contributed by atoms with E-state index in [0.717, 1.165) is 31.6 Å². The summed E-state index contributed by atoms with van der Waals surface area (Å²) in [6.45, 7) is 6.80. The maximum Gasteiger partial charge on any atom is 0.396 e. The van der Waals surface area contributed by atoms with E-state index in [0.29, 0.717) is 11.6 Å². The second kappa shape index (κ2) is 6.71. The quantitative estimate of drug-likeness (QED) is 0.874. The van der Waals surface area contributed by atoms with Crippen molar-refractivity contribution >= 4 is 5.69 Å². The number of hydrogen-bond donors (Lipinski definition) is 1. The van der Waals surface area contributed by atoms with Crippen molar-refractivity contribution in [3.8, 4) is 0 Å². The summed E-state index contributed by atoms with van der Waals surface area (Å²) in [4.78, 5) is 2.25. The summed E-state index contributed by atoms with van der Waals surface area (Å²) in [6, 6.07) is 7.49. The molecule has 1 fully saturated rings. The molecule has 1 unspecified atom stereocenters. The molecule has 2 nitrogen and oxygen atoms in total. The summed E-state index contributed by atoms with van der Waals surface area (Å²) in [5, 5.41) is 3.28. The highest BCUT2D eigenvalue weighted by Crippen LogP contribution is 2.47. The van der Waals surface area contributed by atoms with E-state index in [1.54, 1.807) is 32.9 Å². The van der Waals surface area contributed by atoms with Gasteiger partial charge in [-0.05, 0) is 43.0 Å². The third kappa shape index (κ3) is 4.40. The summed E-state index contributed by atoms with van der Waals surface area (Å²) >= 11 is 0. The molecule has 23 heavy (non-hydrogen) atoms. The summed E-state index contributed by atoms with van der Waals surface area (Å²) in [5.74, 6) is -1.45. The zero-order valence-electron chi connectivity index (χ0n) is 14.4. The summed E-state index contributed by atoms with van der Waals surface area (Å²) < 4.78 is 40.3. The summed E-state index contributed by atoms with van der Waals surface area (Å²) in [7, 11) is 1.97. The Morgan fingerprint density at radius 3 is 1.96 bits per heavy atom. The monoisotopic (exact) mass is 328 g/mol. The van der Waals surface area contributed by atoms with Gasteiger partial charge in [0.05, 0.1) is 5.92 Å². The van der Waals surface area contributed by atoms with Crippen LogP contribution in [-0.2, 0) is 0 Å². The zero-order valence-corrected chi connectivity index (χ0v) is 14.4. The second-order valence-corrected chi connectivity index (χ2v) is 7.48. The molecule has 0 spiro atoms. The normalized spacial score (nSPS) is 19.0. The van der Waals surface area contributed by atoms with Crippen LogP contribution in [0, 0.1) is 5.41 Å². The number of rotatable bonds is 3. The number of benzene rings is 1. The van der Waals surface area contributed by atoms with Crippen LogP contribution in [0.5, 0.6) is 0 Å². The molecule has 1 aromatic rings. The molecule has 1 N–H and O–H groups in total. The van der Waals surface area contributed by atoms with E-state index in [4.69, 9.17) is 0 Å². The van der Waals surface area contributed by atoms with E-state index in [2.05, 4.69) is 10.2 Å². The third-order valence-corrected chi connectivity index (χ3v) is 4.69. The molecule has 5 heteroatoms. The fraction of sp³-hybridized carbons (Fsp3) is 0.667. The minimum absolute atomic E-state index is 0.346. The lowest BCUT2D eigenvalue weighted by Crippen LogP contribution is -2.41. The van der Waals surface area contributed by atoms with Crippen LogP contribution in [0.15, 0.2) is 24.3 Å². The van der Waals surface area contributed by atoms with E-state index in [9.17, 15) is 13.2 Å². The van der Waals surface area contributed by atoms with E-state index in [-0.39, 0.29) is 0 Å². The van der Waals surface area contributed by atoms with Crippen molar-refractivity contribution in [3.63, 3.8) is 0 Å². The van der Waals surface area contributed by atoms with Gasteiger partial charge in [-0.2, -0.15) is 13.2 Å². The maximum atomic E-state index is 13.4. The van der Waals surface area contributed by atoms with E-state index in [1.165, 1.54) is 0 Å². The fourth-order valence-corrected chi connectivity index (χ4v) is 3.48. The fourth-order valence-electron chi connectivity index (χ4n) is 3.48. The van der Waals surface area contributed by atoms with Crippen molar-refractivity contribution in [2.24, 2.45) is 5.41 Å². The Kier molecular flexibility index (Phi) is 5.29. The minimum atomic E-state index is -4.23. The average Bonchev–Trinajstić information content (AvgIpc) is 2.45. The maximum absolute atomic E-state index is 13.4. The Morgan fingerprint density at radius 1 is 1.04 bits per heavy atom. The molecule has 1 saturated heterocycles. The number of hydrogen-bond acceptors (Lipinski definition) is 2. The molecule has 1 aliphatic heterocycles. The molecule has 0 aliphatic carbocycles. The largest absolute Gasteiger partial charge is 0.396 e. The van der Waals surface area contributed by atoms with Gasteiger partial charge in [0.1, 0.15) is 0 Å². The molecule has 0 bridgehead atoms. The molecule has 130 valence electrons. The van der Waals surface area contributed by atoms with Crippen molar-refractivity contribution in [1.82, 2.24) is 5.32 Å². The molecule has 2 rings (SSSR count).